The maximum Gasteiger partial charge on any atom is 0.266 e. The Balaban J connectivity index is 1.71. The van der Waals surface area contributed by atoms with E-state index in [2.05, 4.69) is 47.0 Å². The van der Waals surface area contributed by atoms with E-state index in [4.69, 9.17) is 4.74 Å². The van der Waals surface area contributed by atoms with Crippen LogP contribution < -0.4 is 10.1 Å². The lowest BCUT2D eigenvalue weighted by Crippen LogP contribution is -2.14. The first-order chi connectivity index (χ1) is 14.5. The summed E-state index contributed by atoms with van der Waals surface area (Å²) in [5, 5.41) is 12.2. The molecule has 0 atom stereocenters. The van der Waals surface area contributed by atoms with Crippen LogP contribution in [0.5, 0.6) is 5.75 Å². The van der Waals surface area contributed by atoms with Crippen LogP contribution in [0.2, 0.25) is 0 Å². The molecule has 0 aliphatic heterocycles. The van der Waals surface area contributed by atoms with E-state index in [1.54, 1.807) is 6.08 Å². The molecule has 3 aromatic rings. The Bertz CT molecular complexity index is 1130. The highest BCUT2D eigenvalue weighted by Gasteiger charge is 2.11. The minimum Gasteiger partial charge on any atom is -0.488 e. The zero-order valence-electron chi connectivity index (χ0n) is 16.8. The van der Waals surface area contributed by atoms with E-state index in [-0.39, 0.29) is 5.57 Å². The van der Waals surface area contributed by atoms with Gasteiger partial charge in [-0.25, -0.2) is 0 Å². The predicted molar refractivity (Wildman–Crippen MR) is 128 cm³/mol. The molecule has 0 saturated carbocycles. The Morgan fingerprint density at radius 2 is 1.83 bits per heavy atom. The van der Waals surface area contributed by atoms with Crippen LogP contribution in [0, 0.1) is 28.7 Å². The fraction of sp³-hybridized carbons (Fsp3) is 0.120. The van der Waals surface area contributed by atoms with Crippen molar-refractivity contribution in [3.8, 4) is 11.8 Å². The predicted octanol–water partition coefficient (Wildman–Crippen LogP) is 6.03. The number of ether oxygens (including phenoxy) is 1. The Kier molecular flexibility index (Phi) is 7.26. The number of carbonyl (C=O) groups excluding carboxylic acids is 1. The lowest BCUT2D eigenvalue weighted by molar-refractivity contribution is -0.112. The van der Waals surface area contributed by atoms with Gasteiger partial charge in [0.1, 0.15) is 24.0 Å². The molecule has 0 aliphatic carbocycles. The third kappa shape index (κ3) is 5.71. The number of aryl methyl sites for hydroxylation is 2. The highest BCUT2D eigenvalue weighted by atomic mass is 127. The van der Waals surface area contributed by atoms with Crippen molar-refractivity contribution in [1.29, 1.82) is 5.26 Å². The first-order valence-electron chi connectivity index (χ1n) is 9.43. The smallest absolute Gasteiger partial charge is 0.266 e. The number of nitriles is 1. The second kappa shape index (κ2) is 10.1. The highest BCUT2D eigenvalue weighted by Crippen LogP contribution is 2.25. The number of amides is 1. The summed E-state index contributed by atoms with van der Waals surface area (Å²) in [5.41, 5.74) is 4.75. The molecule has 30 heavy (non-hydrogen) atoms. The topological polar surface area (TPSA) is 62.1 Å². The number of halogens is 1. The monoisotopic (exact) mass is 508 g/mol. The van der Waals surface area contributed by atoms with Crippen LogP contribution in [0.25, 0.3) is 6.08 Å². The third-order valence-electron chi connectivity index (χ3n) is 4.54. The van der Waals surface area contributed by atoms with Crippen molar-refractivity contribution in [3.05, 3.63) is 98.1 Å². The zero-order valence-corrected chi connectivity index (χ0v) is 18.9. The van der Waals surface area contributed by atoms with Crippen LogP contribution in [-0.2, 0) is 11.4 Å². The van der Waals surface area contributed by atoms with Crippen molar-refractivity contribution in [3.63, 3.8) is 0 Å². The standard InChI is InChI=1S/C25H21IN2O2/c1-17-7-9-19(10-8-17)16-30-24-12-11-20(14-22(24)26)13-21(15-27)25(29)28-23-6-4-3-5-18(23)2/h3-14H,16H2,1-2H3,(H,28,29)/b21-13-. The Morgan fingerprint density at radius 1 is 1.10 bits per heavy atom. The van der Waals surface area contributed by atoms with E-state index in [1.807, 2.05) is 67.6 Å². The highest BCUT2D eigenvalue weighted by molar-refractivity contribution is 14.1. The first-order valence-corrected chi connectivity index (χ1v) is 10.5. The second-order valence-electron chi connectivity index (χ2n) is 6.90. The van der Waals surface area contributed by atoms with Crippen LogP contribution in [0.4, 0.5) is 5.69 Å². The number of anilines is 1. The number of rotatable bonds is 6. The summed E-state index contributed by atoms with van der Waals surface area (Å²) in [4.78, 5) is 12.5. The van der Waals surface area contributed by atoms with Crippen LogP contribution in [0.15, 0.2) is 72.3 Å². The van der Waals surface area contributed by atoms with Crippen molar-refractivity contribution in [1.82, 2.24) is 0 Å². The number of para-hydroxylation sites is 1. The Morgan fingerprint density at radius 3 is 2.50 bits per heavy atom. The molecule has 1 N–H and O–H groups in total. The quantitative estimate of drug-likeness (QED) is 0.251. The van der Waals surface area contributed by atoms with Gasteiger partial charge in [-0.3, -0.25) is 4.79 Å². The normalized spacial score (nSPS) is 10.9. The van der Waals surface area contributed by atoms with E-state index >= 15 is 0 Å². The Hall–Kier alpha value is -3.11. The van der Waals surface area contributed by atoms with Gasteiger partial charge in [0.25, 0.3) is 5.91 Å². The number of carbonyl (C=O) groups is 1. The zero-order chi connectivity index (χ0) is 21.5. The molecule has 0 heterocycles. The van der Waals surface area contributed by atoms with Crippen molar-refractivity contribution in [2.45, 2.75) is 20.5 Å². The molecule has 0 aromatic heterocycles. The number of hydrogen-bond acceptors (Lipinski definition) is 3. The van der Waals surface area contributed by atoms with E-state index in [0.717, 1.165) is 26.0 Å². The van der Waals surface area contributed by atoms with Crippen LogP contribution in [0.1, 0.15) is 22.3 Å². The fourth-order valence-electron chi connectivity index (χ4n) is 2.79. The van der Waals surface area contributed by atoms with Gasteiger partial charge in [-0.15, -0.1) is 0 Å². The van der Waals surface area contributed by atoms with Crippen molar-refractivity contribution in [2.75, 3.05) is 5.32 Å². The molecule has 0 aliphatic rings. The summed E-state index contributed by atoms with van der Waals surface area (Å²) in [6, 6.07) is 23.2. The van der Waals surface area contributed by atoms with Crippen molar-refractivity contribution >= 4 is 40.3 Å². The molecular formula is C25H21IN2O2. The van der Waals surface area contributed by atoms with Gasteiger partial charge < -0.3 is 10.1 Å². The van der Waals surface area contributed by atoms with Gasteiger partial charge in [0.05, 0.1) is 3.57 Å². The number of benzene rings is 3. The van der Waals surface area contributed by atoms with E-state index < -0.39 is 5.91 Å². The molecule has 0 spiro atoms. The lowest BCUT2D eigenvalue weighted by Gasteiger charge is -2.10. The second-order valence-corrected chi connectivity index (χ2v) is 8.07. The van der Waals surface area contributed by atoms with E-state index in [1.165, 1.54) is 5.56 Å². The molecule has 0 fully saturated rings. The van der Waals surface area contributed by atoms with Gasteiger partial charge in [-0.2, -0.15) is 5.26 Å². The summed E-state index contributed by atoms with van der Waals surface area (Å²) in [6.07, 6.45) is 1.58. The average molecular weight is 508 g/mol. The van der Waals surface area contributed by atoms with Gasteiger partial charge in [0.2, 0.25) is 0 Å². The molecule has 0 bridgehead atoms. The minimum absolute atomic E-state index is 0.0439. The number of nitrogens with zero attached hydrogens (tertiary/aromatic N) is 1. The average Bonchev–Trinajstić information content (AvgIpc) is 2.74. The van der Waals surface area contributed by atoms with Crippen molar-refractivity contribution in [2.24, 2.45) is 0 Å². The molecule has 1 amide bonds. The largest absolute Gasteiger partial charge is 0.488 e. The molecule has 4 nitrogen and oxygen atoms in total. The summed E-state index contributed by atoms with van der Waals surface area (Å²) in [6.45, 7) is 4.44. The molecule has 0 unspecified atom stereocenters. The molecule has 3 aromatic carbocycles. The van der Waals surface area contributed by atoms with Gasteiger partial charge in [-0.1, -0.05) is 54.1 Å². The molecule has 150 valence electrons. The fourth-order valence-corrected chi connectivity index (χ4v) is 3.48. The lowest BCUT2D eigenvalue weighted by atomic mass is 10.1. The van der Waals surface area contributed by atoms with Gasteiger partial charge in [0, 0.05) is 5.69 Å². The van der Waals surface area contributed by atoms with E-state index in [0.29, 0.717) is 12.3 Å². The summed E-state index contributed by atoms with van der Waals surface area (Å²) in [5.74, 6) is 0.331. The minimum atomic E-state index is -0.429. The van der Waals surface area contributed by atoms with Crippen LogP contribution in [0.3, 0.4) is 0 Å². The van der Waals surface area contributed by atoms with Gasteiger partial charge in [-0.05, 0) is 77.4 Å². The van der Waals surface area contributed by atoms with E-state index in [9.17, 15) is 10.1 Å². The summed E-state index contributed by atoms with van der Waals surface area (Å²) in [7, 11) is 0. The molecule has 0 radical (unpaired) electrons. The first kappa shape index (κ1) is 21.6. The Labute approximate surface area is 190 Å². The maximum atomic E-state index is 12.5. The third-order valence-corrected chi connectivity index (χ3v) is 5.38. The van der Waals surface area contributed by atoms with Crippen LogP contribution >= 0.6 is 22.6 Å². The molecule has 0 saturated heterocycles. The molecule has 3 rings (SSSR count). The van der Waals surface area contributed by atoms with Crippen LogP contribution in [-0.4, -0.2) is 5.91 Å². The summed E-state index contributed by atoms with van der Waals surface area (Å²) < 4.78 is 6.82. The van der Waals surface area contributed by atoms with Crippen molar-refractivity contribution < 1.29 is 9.53 Å². The van der Waals surface area contributed by atoms with Gasteiger partial charge in [0.15, 0.2) is 0 Å². The number of hydrogen-bond donors (Lipinski definition) is 1. The SMILES string of the molecule is Cc1ccc(COc2ccc(/C=C(/C#N)C(=O)Nc3ccccc3C)cc2I)cc1. The summed E-state index contributed by atoms with van der Waals surface area (Å²) >= 11 is 2.20. The molecular weight excluding hydrogens is 487 g/mol. The maximum absolute atomic E-state index is 12.5. The molecule has 5 heteroatoms. The number of nitrogens with one attached hydrogen (secondary N) is 1. The van der Waals surface area contributed by atoms with Gasteiger partial charge >= 0.3 is 0 Å².